The highest BCUT2D eigenvalue weighted by molar-refractivity contribution is 5.70. The Kier molecular flexibility index (Phi) is 2.47. The number of aromatic nitrogens is 2. The minimum atomic E-state index is -3.47. The predicted molar refractivity (Wildman–Crippen MR) is 117 cm³/mol. The second kappa shape index (κ2) is 8.68. The van der Waals surface area contributed by atoms with E-state index in [9.17, 15) is 0 Å². The predicted octanol–water partition coefficient (Wildman–Crippen LogP) is 5.73. The molecule has 0 amide bonds. The van der Waals surface area contributed by atoms with Crippen LogP contribution in [-0.2, 0) is 6.37 Å². The summed E-state index contributed by atoms with van der Waals surface area (Å²) in [6.07, 6.45) is -11.2. The van der Waals surface area contributed by atoms with Gasteiger partial charge in [0, 0.05) is 29.5 Å². The Morgan fingerprint density at radius 2 is 2.37 bits per heavy atom. The van der Waals surface area contributed by atoms with Crippen LogP contribution in [0.5, 0.6) is 5.75 Å². The lowest BCUT2D eigenvalue weighted by molar-refractivity contribution is 0.244. The minimum Gasteiger partial charge on any atom is -0.502 e. The van der Waals surface area contributed by atoms with Gasteiger partial charge in [0.25, 0.3) is 5.89 Å². The van der Waals surface area contributed by atoms with Crippen molar-refractivity contribution in [3.05, 3.63) is 58.8 Å². The van der Waals surface area contributed by atoms with E-state index in [1.807, 2.05) is 5.32 Å². The standard InChI is InChI=1S/C24H26N4O2/c1-5-13-26-20-11-10-17-18(20)7-6-8-19(17)23-27-24(30-28-23)16-9-12-22(29-15(2)3)21(14-16)25-4/h6-9,12,14-15,20,26H,5,10-11,13H2,1-3H3/t20-/m0/s1/i5D2,6D,7D,8D,9D,10D2,11D2,12D,13D2,14D,15D,20D. The third kappa shape index (κ3) is 3.94. The number of benzene rings is 2. The molecule has 3 aromatic rings. The van der Waals surface area contributed by atoms with Gasteiger partial charge in [0.15, 0.2) is 0 Å². The molecular formula is C24H26N4O2. The number of nitrogens with one attached hydrogen (secondary N) is 1. The van der Waals surface area contributed by atoms with Gasteiger partial charge in [-0.2, -0.15) is 4.98 Å². The van der Waals surface area contributed by atoms with Gasteiger partial charge in [0.1, 0.15) is 5.75 Å². The van der Waals surface area contributed by atoms with Gasteiger partial charge in [-0.15, -0.1) is 0 Å². The van der Waals surface area contributed by atoms with Crippen molar-refractivity contribution in [3.63, 3.8) is 0 Å². The Bertz CT molecular complexity index is 1810. The van der Waals surface area contributed by atoms with E-state index in [-0.39, 0.29) is 0 Å². The number of hydrogen-bond donors (Lipinski definition) is 1. The average molecular weight is 419 g/mol. The summed E-state index contributed by atoms with van der Waals surface area (Å²) in [6, 6.07) is -8.26. The summed E-state index contributed by atoms with van der Waals surface area (Å²) < 4.78 is 145. The summed E-state index contributed by atoms with van der Waals surface area (Å²) in [5.74, 6) is -1.91. The zero-order chi connectivity index (χ0) is 35.3. The molecule has 0 bridgehead atoms. The van der Waals surface area contributed by atoms with Gasteiger partial charge in [0.2, 0.25) is 11.5 Å². The second-order valence-corrected chi connectivity index (χ2v) is 6.10. The Balaban J connectivity index is 2.04. The Labute approximate surface area is 199 Å². The summed E-state index contributed by atoms with van der Waals surface area (Å²) in [5.41, 5.74) is -3.65. The maximum absolute atomic E-state index is 8.98. The summed E-state index contributed by atoms with van der Waals surface area (Å²) in [5, 5.41) is 5.56. The van der Waals surface area contributed by atoms with Crippen molar-refractivity contribution in [2.75, 3.05) is 6.50 Å². The SMILES string of the molecule is [2H]c1c([2H])c(-c2noc(-c3c([2H])c([2H])c(OC([2H])(C)C)c([N+]#[C-])c3[2H])n2)c2c(c1[2H])[C@@]([2H])(NC([2H])([2H])C([2H])([2H])C)C([2H])([2H])C2([2H])[2H]. The first-order valence-electron chi connectivity index (χ1n) is 16.7. The van der Waals surface area contributed by atoms with Gasteiger partial charge in [0.05, 0.1) is 22.2 Å². The van der Waals surface area contributed by atoms with Crippen LogP contribution in [0.1, 0.15) is 72.6 Å². The van der Waals surface area contributed by atoms with Crippen LogP contribution in [-0.4, -0.2) is 22.7 Å². The van der Waals surface area contributed by atoms with Crippen LogP contribution in [0.2, 0.25) is 0 Å². The molecule has 1 atom stereocenters. The van der Waals surface area contributed by atoms with E-state index in [0.29, 0.717) is 0 Å². The van der Waals surface area contributed by atoms with Gasteiger partial charge in [-0.05, 0) is 68.7 Å². The van der Waals surface area contributed by atoms with E-state index in [0.717, 1.165) is 6.92 Å². The van der Waals surface area contributed by atoms with Crippen molar-refractivity contribution in [1.82, 2.24) is 15.5 Å². The molecule has 2 aromatic carbocycles. The van der Waals surface area contributed by atoms with Crippen LogP contribution in [0.25, 0.3) is 27.7 Å². The molecule has 0 radical (unpaired) electrons. The van der Waals surface area contributed by atoms with Gasteiger partial charge >= 0.3 is 0 Å². The molecule has 0 aliphatic heterocycles. The van der Waals surface area contributed by atoms with Crippen LogP contribution in [0.4, 0.5) is 5.69 Å². The molecule has 4 rings (SSSR count). The zero-order valence-corrected chi connectivity index (χ0v) is 16.2. The molecule has 0 unspecified atom stereocenters. The highest BCUT2D eigenvalue weighted by Crippen LogP contribution is 2.38. The molecule has 0 saturated heterocycles. The van der Waals surface area contributed by atoms with Crippen molar-refractivity contribution in [3.8, 4) is 28.6 Å². The second-order valence-electron chi connectivity index (χ2n) is 6.10. The third-order valence-corrected chi connectivity index (χ3v) is 3.79. The highest BCUT2D eigenvalue weighted by atomic mass is 16.5. The van der Waals surface area contributed by atoms with Gasteiger partial charge < -0.3 is 14.6 Å². The highest BCUT2D eigenvalue weighted by Gasteiger charge is 2.26. The summed E-state index contributed by atoms with van der Waals surface area (Å²) >= 11 is 0. The molecule has 1 heterocycles. The van der Waals surface area contributed by atoms with Crippen LogP contribution in [0.15, 0.2) is 40.8 Å². The van der Waals surface area contributed by atoms with E-state index < -0.39 is 119 Å². The van der Waals surface area contributed by atoms with Gasteiger partial charge in [-0.25, -0.2) is 4.85 Å². The fraction of sp³-hybridized carbons (Fsp3) is 0.375. The van der Waals surface area contributed by atoms with Crippen LogP contribution < -0.4 is 10.1 Å². The number of fused-ring (bicyclic) bond motifs is 1. The van der Waals surface area contributed by atoms with E-state index in [1.54, 1.807) is 0 Å². The fourth-order valence-electron chi connectivity index (χ4n) is 2.57. The normalized spacial score (nSPS) is 30.1. The number of hydrogen-bond acceptors (Lipinski definition) is 5. The molecule has 1 aliphatic carbocycles. The molecule has 1 aromatic heterocycles. The number of ether oxygens (including phenoxy) is 1. The molecule has 6 heteroatoms. The van der Waals surface area contributed by atoms with E-state index in [4.69, 9.17) is 37.8 Å². The van der Waals surface area contributed by atoms with Crippen LogP contribution in [0, 0.1) is 6.57 Å². The monoisotopic (exact) mass is 418 g/mol. The zero-order valence-electron chi connectivity index (χ0n) is 32.2. The number of nitrogens with zero attached hydrogens (tertiary/aromatic N) is 3. The summed E-state index contributed by atoms with van der Waals surface area (Å²) in [6.45, 7) is 7.75. The molecule has 0 fully saturated rings. The van der Waals surface area contributed by atoms with Crippen LogP contribution >= 0.6 is 0 Å². The smallest absolute Gasteiger partial charge is 0.256 e. The summed E-state index contributed by atoms with van der Waals surface area (Å²) in [4.78, 5) is 7.22. The molecule has 154 valence electrons. The minimum absolute atomic E-state index is 0.518. The summed E-state index contributed by atoms with van der Waals surface area (Å²) in [7, 11) is 0. The molecule has 6 nitrogen and oxygen atoms in total. The van der Waals surface area contributed by atoms with E-state index in [2.05, 4.69) is 15.0 Å². The lowest BCUT2D eigenvalue weighted by atomic mass is 10.0. The van der Waals surface area contributed by atoms with E-state index >= 15 is 0 Å². The molecule has 1 aliphatic rings. The van der Waals surface area contributed by atoms with Crippen molar-refractivity contribution in [1.29, 1.82) is 0 Å². The molecule has 0 saturated carbocycles. The van der Waals surface area contributed by atoms with Crippen molar-refractivity contribution in [2.24, 2.45) is 0 Å². The average Bonchev–Trinajstić information content (AvgIpc) is 3.40. The van der Waals surface area contributed by atoms with Crippen molar-refractivity contribution < 1.29 is 31.2 Å². The maximum atomic E-state index is 8.98. The first-order valence-corrected chi connectivity index (χ1v) is 8.66. The topological polar surface area (TPSA) is 64.5 Å². The Morgan fingerprint density at radius 1 is 1.50 bits per heavy atom. The lowest BCUT2D eigenvalue weighted by Gasteiger charge is -2.13. The van der Waals surface area contributed by atoms with Crippen LogP contribution in [0.3, 0.4) is 0 Å². The third-order valence-electron chi connectivity index (χ3n) is 3.79. The first-order chi connectivity index (χ1) is 20.7. The molecular weight excluding hydrogens is 376 g/mol. The Morgan fingerprint density at radius 3 is 3.13 bits per heavy atom. The quantitative estimate of drug-likeness (QED) is 0.497. The van der Waals surface area contributed by atoms with Crippen molar-refractivity contribution in [2.45, 2.75) is 52.0 Å². The van der Waals surface area contributed by atoms with Gasteiger partial charge in [-0.3, -0.25) is 0 Å². The Hall–Kier alpha value is -3.17. The van der Waals surface area contributed by atoms with Gasteiger partial charge in [-0.1, -0.05) is 30.2 Å². The molecule has 1 N–H and O–H groups in total. The van der Waals surface area contributed by atoms with Crippen molar-refractivity contribution >= 4 is 5.69 Å². The fourth-order valence-corrected chi connectivity index (χ4v) is 2.57. The maximum Gasteiger partial charge on any atom is 0.256 e. The molecule has 30 heavy (non-hydrogen) atoms. The largest absolute Gasteiger partial charge is 0.502 e. The number of rotatable bonds is 7. The van der Waals surface area contributed by atoms with E-state index in [1.165, 1.54) is 13.8 Å². The molecule has 0 spiro atoms. The first kappa shape index (κ1) is 8.52. The lowest BCUT2D eigenvalue weighted by Crippen LogP contribution is -2.19.